The molecule has 4 heteroatoms. The Bertz CT molecular complexity index is 382. The van der Waals surface area contributed by atoms with E-state index in [2.05, 4.69) is 0 Å². The lowest BCUT2D eigenvalue weighted by atomic mass is 10.0. The number of hydrogen-bond donors (Lipinski definition) is 1. The Hall–Kier alpha value is -0.350. The van der Waals surface area contributed by atoms with Crippen molar-refractivity contribution in [3.05, 3.63) is 20.3 Å². The molecule has 0 aromatic rings. The number of thioether (sulfide) groups is 1. The second-order valence-electron chi connectivity index (χ2n) is 3.97. The van der Waals surface area contributed by atoms with Gasteiger partial charge in [0.15, 0.2) is 0 Å². The zero-order valence-corrected chi connectivity index (χ0v) is 10.1. The number of esters is 1. The minimum atomic E-state index is -0.0804. The lowest BCUT2D eigenvalue weighted by Crippen LogP contribution is -2.13. The number of cyclic esters (lactones) is 1. The summed E-state index contributed by atoms with van der Waals surface area (Å²) in [6.45, 7) is 0. The van der Waals surface area contributed by atoms with Gasteiger partial charge in [0.05, 0.1) is 9.81 Å². The number of ether oxygens (including phenoxy) is 1. The van der Waals surface area contributed by atoms with Crippen LogP contribution in [0.15, 0.2) is 20.3 Å². The molecule has 3 rings (SSSR count). The molecule has 0 fully saturated rings. The molecule has 0 unspecified atom stereocenters. The number of hydrogen-bond acceptors (Lipinski definition) is 3. The number of rotatable bonds is 0. The molecule has 0 amide bonds. The maximum atomic E-state index is 11.7. The van der Waals surface area contributed by atoms with Gasteiger partial charge >= 0.3 is 5.97 Å². The first-order chi connectivity index (χ1) is 7.36. The van der Waals surface area contributed by atoms with Crippen LogP contribution in [0.5, 0.6) is 0 Å². The van der Waals surface area contributed by atoms with Crippen molar-refractivity contribution in [2.45, 2.75) is 32.1 Å². The molecule has 0 aromatic carbocycles. The van der Waals surface area contributed by atoms with Crippen molar-refractivity contribution in [2.24, 2.45) is 0 Å². The van der Waals surface area contributed by atoms with Crippen molar-refractivity contribution in [2.75, 3.05) is 5.94 Å². The zero-order chi connectivity index (χ0) is 10.3. The number of carbonyl (C=O) groups is 1. The summed E-state index contributed by atoms with van der Waals surface area (Å²) >= 11 is 2.99. The normalized spacial score (nSPS) is 26.0. The van der Waals surface area contributed by atoms with Gasteiger partial charge in [0, 0.05) is 0 Å². The Morgan fingerprint density at radius 2 is 2.07 bits per heavy atom. The molecular formula is C11H13O2S2. The lowest BCUT2D eigenvalue weighted by molar-refractivity contribution is -0.136. The maximum absolute atomic E-state index is 11.7. The van der Waals surface area contributed by atoms with Crippen LogP contribution in [0, 0.1) is 0 Å². The monoisotopic (exact) mass is 241 g/mol. The summed E-state index contributed by atoms with van der Waals surface area (Å²) in [7, 11) is 0. The molecule has 0 saturated heterocycles. The number of allylic oxidation sites excluding steroid dienone is 1. The molecule has 2 heterocycles. The lowest BCUT2D eigenvalue weighted by Gasteiger charge is -2.15. The third kappa shape index (κ3) is 1.64. The van der Waals surface area contributed by atoms with E-state index in [1.807, 2.05) is 0 Å². The largest absolute Gasteiger partial charge is 0.451 e. The number of carbonyl (C=O) groups excluding carboxylic acids is 1. The fraction of sp³-hybridized carbons (Fsp3) is 0.545. The highest BCUT2D eigenvalue weighted by molar-refractivity contribution is 8.24. The number of thiol groups is 1. The average Bonchev–Trinajstić information content (AvgIpc) is 2.43. The molecule has 1 aliphatic carbocycles. The van der Waals surface area contributed by atoms with Crippen molar-refractivity contribution >= 4 is 29.5 Å². The minimum absolute atomic E-state index is 0.0804. The molecule has 0 aromatic heterocycles. The standard InChI is InChI=1S/C11H13O2S2/c12-10-9-7-4-2-1-3-5-8(7)15-11(9)14-6-13-10/h15H,1-6H2. The summed E-state index contributed by atoms with van der Waals surface area (Å²) in [6.07, 6.45) is 6.07. The van der Waals surface area contributed by atoms with Gasteiger partial charge in [-0.3, -0.25) is 0 Å². The third-order valence-corrected chi connectivity index (χ3v) is 5.60. The highest BCUT2D eigenvalue weighted by Crippen LogP contribution is 2.52. The molecule has 3 aliphatic rings. The van der Waals surface area contributed by atoms with Gasteiger partial charge in [-0.25, -0.2) is 4.79 Å². The molecule has 1 radical (unpaired) electrons. The molecule has 15 heavy (non-hydrogen) atoms. The molecule has 2 aliphatic heterocycles. The number of fused-ring (bicyclic) bond motifs is 1. The van der Waals surface area contributed by atoms with E-state index in [4.69, 9.17) is 4.74 Å². The Kier molecular flexibility index (Phi) is 2.56. The van der Waals surface area contributed by atoms with Gasteiger partial charge in [0.2, 0.25) is 0 Å². The summed E-state index contributed by atoms with van der Waals surface area (Å²) in [5.74, 6) is 0.425. The fourth-order valence-corrected chi connectivity index (χ4v) is 4.88. The van der Waals surface area contributed by atoms with Gasteiger partial charge in [-0.1, -0.05) is 18.2 Å². The highest BCUT2D eigenvalue weighted by Gasteiger charge is 2.33. The Morgan fingerprint density at radius 3 is 3.00 bits per heavy atom. The summed E-state index contributed by atoms with van der Waals surface area (Å²) in [6, 6.07) is 0. The molecule has 0 saturated carbocycles. The first-order valence-corrected chi connectivity index (χ1v) is 7.22. The Labute approximate surface area is 97.5 Å². The zero-order valence-electron chi connectivity index (χ0n) is 8.41. The molecule has 0 atom stereocenters. The van der Waals surface area contributed by atoms with Gasteiger partial charge in [-0.05, 0) is 36.2 Å². The molecule has 2 nitrogen and oxygen atoms in total. The molecule has 0 bridgehead atoms. The minimum Gasteiger partial charge on any atom is -0.451 e. The van der Waals surface area contributed by atoms with E-state index < -0.39 is 0 Å². The molecule has 0 spiro atoms. The van der Waals surface area contributed by atoms with Crippen LogP contribution >= 0.6 is 23.5 Å². The van der Waals surface area contributed by atoms with Crippen molar-refractivity contribution in [1.82, 2.24) is 0 Å². The average molecular weight is 241 g/mol. The van der Waals surface area contributed by atoms with Crippen LogP contribution in [0.1, 0.15) is 32.1 Å². The van der Waals surface area contributed by atoms with Crippen LogP contribution in [0.4, 0.5) is 0 Å². The van der Waals surface area contributed by atoms with Crippen LogP contribution in [0.25, 0.3) is 0 Å². The van der Waals surface area contributed by atoms with E-state index in [-0.39, 0.29) is 5.97 Å². The van der Waals surface area contributed by atoms with Crippen LogP contribution < -0.4 is 0 Å². The summed E-state index contributed by atoms with van der Waals surface area (Å²) in [5.41, 5.74) is 2.24. The van der Waals surface area contributed by atoms with Crippen molar-refractivity contribution in [1.29, 1.82) is 0 Å². The molecular weight excluding hydrogens is 228 g/mol. The second kappa shape index (κ2) is 3.91. The summed E-state index contributed by atoms with van der Waals surface area (Å²) in [5, 5.41) is 0. The van der Waals surface area contributed by atoms with E-state index in [9.17, 15) is 4.79 Å². The summed E-state index contributed by atoms with van der Waals surface area (Å²) < 4.78 is 6.36. The van der Waals surface area contributed by atoms with Gasteiger partial charge in [-0.15, -0.1) is 0 Å². The first-order valence-electron chi connectivity index (χ1n) is 5.34. The third-order valence-electron chi connectivity index (χ3n) is 3.03. The van der Waals surface area contributed by atoms with Crippen LogP contribution in [0.3, 0.4) is 0 Å². The van der Waals surface area contributed by atoms with Gasteiger partial charge < -0.3 is 4.74 Å². The van der Waals surface area contributed by atoms with Crippen molar-refractivity contribution in [3.8, 4) is 0 Å². The SMILES string of the molecule is O=C1OCSC2=C1C1=C(CCCCC1)[SH]2. The van der Waals surface area contributed by atoms with E-state index in [1.54, 1.807) is 11.8 Å². The van der Waals surface area contributed by atoms with E-state index in [0.717, 1.165) is 12.0 Å². The van der Waals surface area contributed by atoms with Crippen molar-refractivity contribution in [3.63, 3.8) is 0 Å². The van der Waals surface area contributed by atoms with Crippen LogP contribution in [-0.4, -0.2) is 11.9 Å². The highest BCUT2D eigenvalue weighted by atomic mass is 32.2. The van der Waals surface area contributed by atoms with Crippen molar-refractivity contribution < 1.29 is 9.53 Å². The van der Waals surface area contributed by atoms with Crippen LogP contribution in [-0.2, 0) is 9.53 Å². The molecule has 0 N–H and O–H groups in total. The smallest absolute Gasteiger partial charge is 0.340 e. The van der Waals surface area contributed by atoms with E-state index in [0.29, 0.717) is 5.94 Å². The first kappa shape index (κ1) is 9.85. The predicted octanol–water partition coefficient (Wildman–Crippen LogP) is 3.14. The quantitative estimate of drug-likeness (QED) is 0.521. The van der Waals surface area contributed by atoms with E-state index in [1.165, 1.54) is 52.2 Å². The van der Waals surface area contributed by atoms with E-state index >= 15 is 0 Å². The van der Waals surface area contributed by atoms with Crippen LogP contribution in [0.2, 0.25) is 0 Å². The maximum Gasteiger partial charge on any atom is 0.340 e. The van der Waals surface area contributed by atoms with Gasteiger partial charge in [0.1, 0.15) is 5.94 Å². The Morgan fingerprint density at radius 1 is 1.20 bits per heavy atom. The van der Waals surface area contributed by atoms with Gasteiger partial charge in [-0.2, -0.15) is 11.8 Å². The second-order valence-corrected chi connectivity index (χ2v) is 6.42. The summed E-state index contributed by atoms with van der Waals surface area (Å²) in [4.78, 5) is 13.2. The predicted molar refractivity (Wildman–Crippen MR) is 64.7 cm³/mol. The topological polar surface area (TPSA) is 26.3 Å². The van der Waals surface area contributed by atoms with Gasteiger partial charge in [0.25, 0.3) is 0 Å². The fourth-order valence-electron chi connectivity index (χ4n) is 2.29. The Balaban J connectivity index is 1.98. The molecule has 81 valence electrons.